The topological polar surface area (TPSA) is 96.5 Å². The third-order valence-corrected chi connectivity index (χ3v) is 4.05. The van der Waals surface area contributed by atoms with Crippen LogP contribution in [0.3, 0.4) is 0 Å². The maximum absolute atomic E-state index is 12.1. The van der Waals surface area contributed by atoms with Crippen LogP contribution in [0.5, 0.6) is 0 Å². The van der Waals surface area contributed by atoms with Crippen molar-refractivity contribution in [2.75, 3.05) is 13.1 Å². The van der Waals surface area contributed by atoms with Gasteiger partial charge in [-0.25, -0.2) is 0 Å². The summed E-state index contributed by atoms with van der Waals surface area (Å²) in [4.78, 5) is 29.1. The zero-order valence-electron chi connectivity index (χ0n) is 13.1. The second kappa shape index (κ2) is 7.38. The molecule has 1 saturated heterocycles. The van der Waals surface area contributed by atoms with Gasteiger partial charge < -0.3 is 14.5 Å². The molecule has 1 aromatic heterocycles. The highest BCUT2D eigenvalue weighted by atomic mass is 16.5. The molecule has 1 N–H and O–H groups in total. The number of carbonyl (C=O) groups excluding carboxylic acids is 1. The van der Waals surface area contributed by atoms with E-state index in [1.165, 1.54) is 0 Å². The summed E-state index contributed by atoms with van der Waals surface area (Å²) >= 11 is 0. The van der Waals surface area contributed by atoms with Crippen LogP contribution in [-0.2, 0) is 22.4 Å². The van der Waals surface area contributed by atoms with E-state index in [1.54, 1.807) is 4.90 Å². The number of hydrogen-bond acceptors (Lipinski definition) is 5. The molecule has 122 valence electrons. The van der Waals surface area contributed by atoms with Crippen molar-refractivity contribution in [2.45, 2.75) is 46.0 Å². The van der Waals surface area contributed by atoms with Crippen LogP contribution in [0, 0.1) is 11.8 Å². The van der Waals surface area contributed by atoms with Crippen molar-refractivity contribution in [1.29, 1.82) is 0 Å². The Morgan fingerprint density at radius 1 is 1.36 bits per heavy atom. The fraction of sp³-hybridized carbons (Fsp3) is 0.733. The molecule has 0 bridgehead atoms. The van der Waals surface area contributed by atoms with Crippen LogP contribution in [0.2, 0.25) is 0 Å². The molecular formula is C15H23N3O4. The molecule has 0 aromatic carbocycles. The van der Waals surface area contributed by atoms with Gasteiger partial charge >= 0.3 is 5.97 Å². The van der Waals surface area contributed by atoms with Gasteiger partial charge in [0, 0.05) is 32.4 Å². The number of carboxylic acid groups (broad SMARTS) is 1. The number of aromatic nitrogens is 2. The van der Waals surface area contributed by atoms with Crippen LogP contribution >= 0.6 is 0 Å². The first kappa shape index (κ1) is 16.5. The van der Waals surface area contributed by atoms with Crippen LogP contribution in [-0.4, -0.2) is 45.1 Å². The van der Waals surface area contributed by atoms with Crippen LogP contribution in [0.1, 0.15) is 44.8 Å². The summed E-state index contributed by atoms with van der Waals surface area (Å²) in [6.45, 7) is 4.77. The maximum Gasteiger partial charge on any atom is 0.308 e. The van der Waals surface area contributed by atoms with Gasteiger partial charge in [0.1, 0.15) is 0 Å². The molecule has 0 radical (unpaired) electrons. The highest BCUT2D eigenvalue weighted by Gasteiger charge is 2.36. The molecule has 1 amide bonds. The molecule has 0 aliphatic carbocycles. The van der Waals surface area contributed by atoms with Gasteiger partial charge in [0.05, 0.1) is 5.92 Å². The fourth-order valence-corrected chi connectivity index (χ4v) is 2.76. The Morgan fingerprint density at radius 3 is 2.77 bits per heavy atom. The molecule has 0 saturated carbocycles. The number of rotatable bonds is 7. The zero-order chi connectivity index (χ0) is 16.1. The number of hydrogen-bond donors (Lipinski definition) is 1. The molecular weight excluding hydrogens is 286 g/mol. The van der Waals surface area contributed by atoms with Gasteiger partial charge in [0.15, 0.2) is 5.82 Å². The highest BCUT2D eigenvalue weighted by molar-refractivity contribution is 5.78. The number of carboxylic acids is 1. The molecule has 2 atom stereocenters. The summed E-state index contributed by atoms with van der Waals surface area (Å²) in [5.74, 6) is 0.0162. The van der Waals surface area contributed by atoms with E-state index in [1.807, 2.05) is 6.92 Å². The van der Waals surface area contributed by atoms with Gasteiger partial charge in [-0.1, -0.05) is 19.0 Å². The summed E-state index contributed by atoms with van der Waals surface area (Å²) in [6, 6.07) is 0. The number of amides is 1. The third-order valence-electron chi connectivity index (χ3n) is 4.05. The highest BCUT2D eigenvalue weighted by Crippen LogP contribution is 2.24. The first-order valence-electron chi connectivity index (χ1n) is 7.83. The molecule has 7 nitrogen and oxygen atoms in total. The Balaban J connectivity index is 1.75. The van der Waals surface area contributed by atoms with Crippen molar-refractivity contribution in [1.82, 2.24) is 15.0 Å². The summed E-state index contributed by atoms with van der Waals surface area (Å²) in [5.41, 5.74) is 0. The molecule has 22 heavy (non-hydrogen) atoms. The van der Waals surface area contributed by atoms with Crippen LogP contribution in [0.15, 0.2) is 4.52 Å². The SMILES string of the molecule is CCCc1noc(CCCC(=O)N2C[C@@H](C)[C@H](C(=O)O)C2)n1. The molecule has 2 rings (SSSR count). The molecule has 1 aliphatic heterocycles. The summed E-state index contributed by atoms with van der Waals surface area (Å²) in [6.07, 6.45) is 3.36. The number of aryl methyl sites for hydroxylation is 2. The van der Waals surface area contributed by atoms with Crippen molar-refractivity contribution in [3.63, 3.8) is 0 Å². The summed E-state index contributed by atoms with van der Waals surface area (Å²) in [5, 5.41) is 13.0. The third kappa shape index (κ3) is 4.05. The lowest BCUT2D eigenvalue weighted by Gasteiger charge is -2.15. The van der Waals surface area contributed by atoms with Gasteiger partial charge in [-0.3, -0.25) is 9.59 Å². The Kier molecular flexibility index (Phi) is 5.51. The van der Waals surface area contributed by atoms with Crippen molar-refractivity contribution in [3.05, 3.63) is 11.7 Å². The average molecular weight is 309 g/mol. The molecule has 0 spiro atoms. The zero-order valence-corrected chi connectivity index (χ0v) is 13.1. The molecule has 2 heterocycles. The Labute approximate surface area is 129 Å². The van der Waals surface area contributed by atoms with E-state index in [-0.39, 0.29) is 11.8 Å². The molecule has 7 heteroatoms. The standard InChI is InChI=1S/C15H23N3O4/c1-3-5-12-16-13(22-17-12)6-4-7-14(19)18-8-10(2)11(9-18)15(20)21/h10-11H,3-9H2,1-2H3,(H,20,21)/t10-,11-/m1/s1. The quantitative estimate of drug-likeness (QED) is 0.820. The van der Waals surface area contributed by atoms with Crippen molar-refractivity contribution >= 4 is 11.9 Å². The van der Waals surface area contributed by atoms with E-state index in [0.717, 1.165) is 12.8 Å². The first-order chi connectivity index (χ1) is 10.5. The summed E-state index contributed by atoms with van der Waals surface area (Å²) < 4.78 is 5.13. The minimum atomic E-state index is -0.822. The van der Waals surface area contributed by atoms with Crippen molar-refractivity contribution < 1.29 is 19.2 Å². The fourth-order valence-electron chi connectivity index (χ4n) is 2.76. The average Bonchev–Trinajstić information content (AvgIpc) is 3.06. The maximum atomic E-state index is 12.1. The van der Waals surface area contributed by atoms with Crippen molar-refractivity contribution in [2.24, 2.45) is 11.8 Å². The van der Waals surface area contributed by atoms with Crippen LogP contribution in [0.25, 0.3) is 0 Å². The minimum absolute atomic E-state index is 0.00361. The van der Waals surface area contributed by atoms with Gasteiger partial charge in [0.2, 0.25) is 11.8 Å². The van der Waals surface area contributed by atoms with E-state index in [0.29, 0.717) is 44.1 Å². The molecule has 1 aromatic rings. The smallest absolute Gasteiger partial charge is 0.308 e. The first-order valence-corrected chi connectivity index (χ1v) is 7.83. The van der Waals surface area contributed by atoms with E-state index < -0.39 is 11.9 Å². The second-order valence-electron chi connectivity index (χ2n) is 5.93. The second-order valence-corrected chi connectivity index (χ2v) is 5.93. The molecule has 0 unspecified atom stereocenters. The molecule has 1 fully saturated rings. The number of nitrogens with zero attached hydrogens (tertiary/aromatic N) is 3. The normalized spacial score (nSPS) is 21.3. The van der Waals surface area contributed by atoms with Gasteiger partial charge in [-0.15, -0.1) is 0 Å². The van der Waals surface area contributed by atoms with E-state index in [9.17, 15) is 9.59 Å². The van der Waals surface area contributed by atoms with E-state index in [2.05, 4.69) is 17.1 Å². The van der Waals surface area contributed by atoms with Gasteiger partial charge in [-0.2, -0.15) is 4.98 Å². The van der Waals surface area contributed by atoms with E-state index >= 15 is 0 Å². The number of likely N-dealkylation sites (tertiary alicyclic amines) is 1. The number of aliphatic carboxylic acids is 1. The summed E-state index contributed by atoms with van der Waals surface area (Å²) in [7, 11) is 0. The van der Waals surface area contributed by atoms with Crippen LogP contribution in [0.4, 0.5) is 0 Å². The predicted octanol–water partition coefficient (Wildman–Crippen LogP) is 1.52. The lowest BCUT2D eigenvalue weighted by Crippen LogP contribution is -2.29. The Bertz CT molecular complexity index is 529. The largest absolute Gasteiger partial charge is 0.481 e. The van der Waals surface area contributed by atoms with Gasteiger partial charge in [0.25, 0.3) is 0 Å². The predicted molar refractivity (Wildman–Crippen MR) is 78.1 cm³/mol. The molecule has 1 aliphatic rings. The monoisotopic (exact) mass is 309 g/mol. The minimum Gasteiger partial charge on any atom is -0.481 e. The Morgan fingerprint density at radius 2 is 2.14 bits per heavy atom. The lowest BCUT2D eigenvalue weighted by atomic mass is 9.99. The Hall–Kier alpha value is -1.92. The number of carbonyl (C=O) groups is 2. The van der Waals surface area contributed by atoms with E-state index in [4.69, 9.17) is 9.63 Å². The van der Waals surface area contributed by atoms with Crippen molar-refractivity contribution in [3.8, 4) is 0 Å². The van der Waals surface area contributed by atoms with Crippen LogP contribution < -0.4 is 0 Å². The van der Waals surface area contributed by atoms with Gasteiger partial charge in [-0.05, 0) is 18.8 Å². The lowest BCUT2D eigenvalue weighted by molar-refractivity contribution is -0.142.